The van der Waals surface area contributed by atoms with Crippen molar-refractivity contribution in [1.29, 1.82) is 0 Å². The molecule has 0 saturated heterocycles. The number of para-hydroxylation sites is 3. The van der Waals surface area contributed by atoms with E-state index < -0.39 is 26.0 Å². The number of hydrogen-bond donors (Lipinski definition) is 0. The van der Waals surface area contributed by atoms with Gasteiger partial charge in [0.25, 0.3) is 0 Å². The van der Waals surface area contributed by atoms with E-state index in [2.05, 4.69) is 104 Å². The third-order valence-corrected chi connectivity index (χ3v) is 13.4. The van der Waals surface area contributed by atoms with E-state index in [1.165, 1.54) is 97.8 Å². The molecule has 2 fully saturated rings. The minimum atomic E-state index is -2.49. The van der Waals surface area contributed by atoms with Crippen molar-refractivity contribution in [1.82, 2.24) is 14.5 Å². The molecule has 8 aromatic rings. The minimum absolute atomic E-state index is 0. The first kappa shape index (κ1) is 34.6. The van der Waals surface area contributed by atoms with Crippen molar-refractivity contribution in [3.8, 4) is 28.3 Å². The van der Waals surface area contributed by atoms with Crippen molar-refractivity contribution >= 4 is 33.0 Å². The Labute approximate surface area is 402 Å². The van der Waals surface area contributed by atoms with E-state index in [0.717, 1.165) is 57.2 Å². The Balaban J connectivity index is 0.000000227. The van der Waals surface area contributed by atoms with Gasteiger partial charge in [0.15, 0.2) is 0 Å². The zero-order valence-corrected chi connectivity index (χ0v) is 39.5. The van der Waals surface area contributed by atoms with Crippen molar-refractivity contribution in [2.45, 2.75) is 137 Å². The Hall–Kier alpha value is -4.83. The van der Waals surface area contributed by atoms with Gasteiger partial charge >= 0.3 is 0 Å². The van der Waals surface area contributed by atoms with Crippen LogP contribution in [-0.4, -0.2) is 14.5 Å². The Morgan fingerprint density at radius 1 is 0.857 bits per heavy atom. The average molecular weight is 1020 g/mol. The van der Waals surface area contributed by atoms with E-state index in [0.29, 0.717) is 16.7 Å². The topological polar surface area (TPSA) is 43.9 Å². The third-order valence-electron chi connectivity index (χ3n) is 13.4. The van der Waals surface area contributed by atoms with Gasteiger partial charge in [-0.15, -0.1) is 53.6 Å². The van der Waals surface area contributed by atoms with Crippen molar-refractivity contribution in [2.75, 3.05) is 0 Å². The van der Waals surface area contributed by atoms with E-state index in [9.17, 15) is 1.37 Å². The summed E-state index contributed by atoms with van der Waals surface area (Å²) < 4.78 is 80.0. The minimum Gasteiger partial charge on any atom is -0.501 e. The molecule has 0 N–H and O–H groups in total. The quantitative estimate of drug-likeness (QED) is 0.142. The van der Waals surface area contributed by atoms with Crippen molar-refractivity contribution in [3.05, 3.63) is 149 Å². The van der Waals surface area contributed by atoms with Crippen molar-refractivity contribution < 1.29 is 36.9 Å². The summed E-state index contributed by atoms with van der Waals surface area (Å²) in [6, 6.07) is 37.6. The second kappa shape index (κ2) is 19.1. The summed E-state index contributed by atoms with van der Waals surface area (Å²) in [4.78, 5) is 9.46. The van der Waals surface area contributed by atoms with Gasteiger partial charge in [0.2, 0.25) is 0 Å². The molecule has 4 nitrogen and oxygen atoms in total. The van der Waals surface area contributed by atoms with Gasteiger partial charge in [-0.2, -0.15) is 0 Å². The van der Waals surface area contributed by atoms with Gasteiger partial charge in [0.05, 0.1) is 22.4 Å². The van der Waals surface area contributed by atoms with Crippen LogP contribution in [0.15, 0.2) is 108 Å². The summed E-state index contributed by atoms with van der Waals surface area (Å²) in [6.07, 6.45) is 10.7. The molecule has 2 aliphatic carbocycles. The molecule has 63 heavy (non-hydrogen) atoms. The number of pyridine rings is 1. The number of furan rings is 1. The summed E-state index contributed by atoms with van der Waals surface area (Å²) in [6.45, 7) is 6.09. The largest absolute Gasteiger partial charge is 0.501 e. The maximum Gasteiger partial charge on any atom is 0.120 e. The number of benzene rings is 5. The molecule has 2 aliphatic rings. The molecule has 0 atom stereocenters. The van der Waals surface area contributed by atoms with Crippen LogP contribution < -0.4 is 0 Å². The van der Waals surface area contributed by atoms with Gasteiger partial charge in [-0.05, 0) is 121 Å². The molecule has 327 valence electrons. The van der Waals surface area contributed by atoms with Gasteiger partial charge in [-0.1, -0.05) is 132 Å². The monoisotopic (exact) mass is 1020 g/mol. The molecule has 1 radical (unpaired) electrons. The Morgan fingerprint density at radius 2 is 1.60 bits per heavy atom. The Kier molecular flexibility index (Phi) is 10.5. The predicted molar refractivity (Wildman–Crippen MR) is 260 cm³/mol. The molecule has 10 rings (SSSR count). The first-order valence-electron chi connectivity index (χ1n) is 27.2. The normalized spacial score (nSPS) is 18.6. The molecule has 3 heterocycles. The van der Waals surface area contributed by atoms with Crippen molar-refractivity contribution in [3.63, 3.8) is 0 Å². The summed E-state index contributed by atoms with van der Waals surface area (Å²) in [7, 11) is 0. The summed E-state index contributed by atoms with van der Waals surface area (Å²) in [5.41, 5.74) is 10.9. The number of imidazole rings is 1. The first-order valence-corrected chi connectivity index (χ1v) is 22.7. The Morgan fingerprint density at radius 3 is 2.30 bits per heavy atom. The van der Waals surface area contributed by atoms with Crippen LogP contribution in [0.1, 0.15) is 162 Å². The van der Waals surface area contributed by atoms with Gasteiger partial charge < -0.3 is 14.0 Å². The predicted octanol–water partition coefficient (Wildman–Crippen LogP) is 16.4. The van der Waals surface area contributed by atoms with Crippen LogP contribution in [0.3, 0.4) is 0 Å². The molecule has 0 unspecified atom stereocenters. The van der Waals surface area contributed by atoms with E-state index in [1.54, 1.807) is 6.92 Å². The van der Waals surface area contributed by atoms with Gasteiger partial charge in [0.1, 0.15) is 5.58 Å². The SMILES string of the molecule is [2H]C([2H])([2H])c1c[c-]c(-c2cc(C([2H])([2H])[2H])c(C([2H])([2H])CC)cn2)cc1.[2H]C1(c2cc(C(C)C)c(-n3c(-c4[c-]ccc5c4oc4ccccc45)nc4ccccc43)c(C(C)C)c2)CCC2(CCCCC2)CC1.[Ir]. The van der Waals surface area contributed by atoms with E-state index >= 15 is 0 Å². The molecular formula is C58H63IrN3O-2. The van der Waals surface area contributed by atoms with Crippen LogP contribution in [-0.2, 0) is 26.5 Å². The van der Waals surface area contributed by atoms with Crippen molar-refractivity contribution in [2.24, 2.45) is 5.41 Å². The number of aryl methyl sites for hydroxylation is 3. The molecule has 0 bridgehead atoms. The maximum atomic E-state index is 9.90. The van der Waals surface area contributed by atoms with E-state index in [4.69, 9.17) is 20.4 Å². The fraction of sp³-hybridized carbons (Fsp3) is 0.379. The fourth-order valence-electron chi connectivity index (χ4n) is 9.99. The molecule has 2 saturated carbocycles. The molecule has 5 heteroatoms. The third kappa shape index (κ3) is 8.98. The summed E-state index contributed by atoms with van der Waals surface area (Å²) in [5.74, 6) is 0.843. The van der Waals surface area contributed by atoms with Crippen LogP contribution >= 0.6 is 0 Å². The second-order valence-corrected chi connectivity index (χ2v) is 18.1. The van der Waals surface area contributed by atoms with Crippen LogP contribution in [0.5, 0.6) is 0 Å². The van der Waals surface area contributed by atoms with Crippen LogP contribution in [0.4, 0.5) is 0 Å². The standard InChI is InChI=1S/C42H45N2O.C16H18N.Ir/c1-27(2)34-25-30(29-19-23-42(24-20-29)21-10-5-11-22-42)26-35(28(3)4)39(34)44-37-17-8-7-16-36(37)43-41(44)33-15-12-14-32-31-13-6-9-18-38(31)45-40(32)33;1-4-5-15-11-17-16(10-13(15)3)14-8-6-12(2)7-9-14;/h6-9,12-14,16-18,25-29H,5,10-11,19-24H2,1-4H3;6-8,10-11H,4-5H2,1-3H3;/q2*-1;/i29D;2D3,3D3,5D2;. The summed E-state index contributed by atoms with van der Waals surface area (Å²) in [5, 5.41) is 2.18. The zero-order chi connectivity index (χ0) is 50.7. The van der Waals surface area contributed by atoms with Gasteiger partial charge in [0, 0.05) is 49.7 Å². The molecule has 3 aromatic heterocycles. The summed E-state index contributed by atoms with van der Waals surface area (Å²) >= 11 is 0. The first-order chi connectivity index (χ1) is 33.6. The van der Waals surface area contributed by atoms with Gasteiger partial charge in [-0.3, -0.25) is 4.98 Å². The number of nitrogens with zero attached hydrogens (tertiary/aromatic N) is 3. The Bertz CT molecular complexity index is 3180. The molecule has 1 spiro atoms. The molecular weight excluding hydrogens is 947 g/mol. The van der Waals surface area contributed by atoms with Crippen LogP contribution in [0.25, 0.3) is 61.3 Å². The average Bonchev–Trinajstić information content (AvgIpc) is 3.93. The maximum absolute atomic E-state index is 9.90. The van der Waals surface area contributed by atoms with E-state index in [1.807, 2.05) is 18.2 Å². The molecule has 5 aromatic carbocycles. The van der Waals surface area contributed by atoms with Crippen LogP contribution in [0, 0.1) is 31.3 Å². The number of rotatable bonds is 8. The fourth-order valence-corrected chi connectivity index (χ4v) is 9.99. The zero-order valence-electron chi connectivity index (χ0n) is 46.1. The molecule has 0 amide bonds. The second-order valence-electron chi connectivity index (χ2n) is 18.1. The number of fused-ring (bicyclic) bond motifs is 4. The number of aromatic nitrogens is 3. The number of hydrogen-bond acceptors (Lipinski definition) is 3. The smallest absolute Gasteiger partial charge is 0.120 e. The van der Waals surface area contributed by atoms with Crippen LogP contribution in [0.2, 0.25) is 0 Å². The molecule has 0 aliphatic heterocycles. The van der Waals surface area contributed by atoms with E-state index in [-0.39, 0.29) is 55.1 Å². The van der Waals surface area contributed by atoms with Gasteiger partial charge in [-0.25, -0.2) is 0 Å².